The Hall–Kier alpha value is -1.35. The van der Waals surface area contributed by atoms with Gasteiger partial charge >= 0.3 is 5.97 Å². The molecule has 0 heterocycles. The van der Waals surface area contributed by atoms with Crippen molar-refractivity contribution in [2.75, 3.05) is 6.61 Å². The maximum Gasteiger partial charge on any atom is 0.338 e. The average Bonchev–Trinajstić information content (AvgIpc) is 2.27. The van der Waals surface area contributed by atoms with Gasteiger partial charge in [-0.3, -0.25) is 0 Å². The van der Waals surface area contributed by atoms with Crippen LogP contribution >= 0.6 is 11.6 Å². The standard InChI is InChI=1S/C12H13ClO3/c1-2-16-12(15)10-5-3-7-11(13)9(10)6-4-8-14/h3,5,7-8H,2,4,6H2,1H3. The molecule has 0 aliphatic rings. The molecule has 86 valence electrons. The molecule has 0 bridgehead atoms. The molecule has 0 aliphatic heterocycles. The second-order valence-corrected chi connectivity index (χ2v) is 3.60. The van der Waals surface area contributed by atoms with E-state index in [1.165, 1.54) is 0 Å². The first-order valence-corrected chi connectivity index (χ1v) is 5.46. The molecule has 1 rings (SSSR count). The Kier molecular flexibility index (Phi) is 4.99. The summed E-state index contributed by atoms with van der Waals surface area (Å²) in [4.78, 5) is 21.9. The van der Waals surface area contributed by atoms with Gasteiger partial charge in [-0.25, -0.2) is 4.79 Å². The highest BCUT2D eigenvalue weighted by molar-refractivity contribution is 6.31. The van der Waals surface area contributed by atoms with E-state index in [4.69, 9.17) is 16.3 Å². The molecular formula is C12H13ClO3. The van der Waals surface area contributed by atoms with Gasteiger partial charge in [-0.15, -0.1) is 0 Å². The van der Waals surface area contributed by atoms with E-state index in [9.17, 15) is 9.59 Å². The van der Waals surface area contributed by atoms with Crippen molar-refractivity contribution in [3.05, 3.63) is 34.3 Å². The highest BCUT2D eigenvalue weighted by Crippen LogP contribution is 2.22. The number of hydrogen-bond acceptors (Lipinski definition) is 3. The van der Waals surface area contributed by atoms with Gasteiger partial charge in [0.2, 0.25) is 0 Å². The van der Waals surface area contributed by atoms with Crippen LogP contribution in [0.2, 0.25) is 5.02 Å². The summed E-state index contributed by atoms with van der Waals surface area (Å²) in [6.07, 6.45) is 1.60. The predicted octanol–water partition coefficient (Wildman–Crippen LogP) is 2.65. The molecule has 0 fully saturated rings. The second kappa shape index (κ2) is 6.28. The van der Waals surface area contributed by atoms with Crippen molar-refractivity contribution < 1.29 is 14.3 Å². The highest BCUT2D eigenvalue weighted by Gasteiger charge is 2.14. The molecule has 0 atom stereocenters. The largest absolute Gasteiger partial charge is 0.462 e. The molecule has 0 spiro atoms. The van der Waals surface area contributed by atoms with Gasteiger partial charge in [0.1, 0.15) is 6.29 Å². The number of aldehydes is 1. The van der Waals surface area contributed by atoms with E-state index < -0.39 is 5.97 Å². The molecule has 0 N–H and O–H groups in total. The first kappa shape index (κ1) is 12.7. The zero-order chi connectivity index (χ0) is 12.0. The third kappa shape index (κ3) is 3.07. The van der Waals surface area contributed by atoms with Gasteiger partial charge in [-0.2, -0.15) is 0 Å². The molecule has 0 saturated heterocycles. The Morgan fingerprint density at radius 1 is 1.50 bits per heavy atom. The van der Waals surface area contributed by atoms with Crippen LogP contribution in [0.3, 0.4) is 0 Å². The Balaban J connectivity index is 3.01. The number of esters is 1. The lowest BCUT2D eigenvalue weighted by molar-refractivity contribution is -0.107. The highest BCUT2D eigenvalue weighted by atomic mass is 35.5. The average molecular weight is 241 g/mol. The zero-order valence-electron chi connectivity index (χ0n) is 9.03. The van der Waals surface area contributed by atoms with Crippen LogP contribution in [-0.2, 0) is 16.0 Å². The van der Waals surface area contributed by atoms with E-state index >= 15 is 0 Å². The van der Waals surface area contributed by atoms with Crippen LogP contribution in [0, 0.1) is 0 Å². The van der Waals surface area contributed by atoms with Crippen LogP contribution in [0.4, 0.5) is 0 Å². The lowest BCUT2D eigenvalue weighted by Crippen LogP contribution is -2.08. The maximum absolute atomic E-state index is 11.6. The first-order chi connectivity index (χ1) is 7.70. The Morgan fingerprint density at radius 2 is 2.25 bits per heavy atom. The van der Waals surface area contributed by atoms with Gasteiger partial charge in [-0.05, 0) is 31.0 Å². The van der Waals surface area contributed by atoms with Gasteiger partial charge in [0, 0.05) is 11.4 Å². The van der Waals surface area contributed by atoms with E-state index in [1.54, 1.807) is 25.1 Å². The van der Waals surface area contributed by atoms with Crippen molar-refractivity contribution in [3.63, 3.8) is 0 Å². The minimum Gasteiger partial charge on any atom is -0.462 e. The van der Waals surface area contributed by atoms with E-state index in [-0.39, 0.29) is 0 Å². The van der Waals surface area contributed by atoms with Crippen LogP contribution in [0.5, 0.6) is 0 Å². The Bertz CT molecular complexity index is 388. The summed E-state index contributed by atoms with van der Waals surface area (Å²) in [5.74, 6) is -0.397. The van der Waals surface area contributed by atoms with E-state index in [2.05, 4.69) is 0 Å². The summed E-state index contributed by atoms with van der Waals surface area (Å²) in [6, 6.07) is 5.05. The zero-order valence-corrected chi connectivity index (χ0v) is 9.79. The number of benzene rings is 1. The van der Waals surface area contributed by atoms with Crippen LogP contribution in [-0.4, -0.2) is 18.9 Å². The molecule has 16 heavy (non-hydrogen) atoms. The fourth-order valence-electron chi connectivity index (χ4n) is 1.42. The number of ether oxygens (including phenoxy) is 1. The van der Waals surface area contributed by atoms with Crippen LogP contribution < -0.4 is 0 Å². The van der Waals surface area contributed by atoms with E-state index in [0.717, 1.165) is 6.29 Å². The summed E-state index contributed by atoms with van der Waals surface area (Å²) in [7, 11) is 0. The summed E-state index contributed by atoms with van der Waals surface area (Å²) >= 11 is 5.99. The SMILES string of the molecule is CCOC(=O)c1cccc(Cl)c1CCC=O. The van der Waals surface area contributed by atoms with E-state index in [1.807, 2.05) is 0 Å². The summed E-state index contributed by atoms with van der Waals surface area (Å²) in [5, 5.41) is 0.493. The van der Waals surface area contributed by atoms with Crippen LogP contribution in [0.1, 0.15) is 29.3 Å². The summed E-state index contributed by atoms with van der Waals surface area (Å²) in [5.41, 5.74) is 1.12. The Labute approximate surface area is 99.4 Å². The molecule has 0 aliphatic carbocycles. The number of carbonyl (C=O) groups excluding carboxylic acids is 2. The third-order valence-corrected chi connectivity index (χ3v) is 2.48. The van der Waals surface area contributed by atoms with Gasteiger partial charge in [0.05, 0.1) is 12.2 Å². The molecule has 0 saturated carbocycles. The molecule has 4 heteroatoms. The van der Waals surface area contributed by atoms with Crippen molar-refractivity contribution in [3.8, 4) is 0 Å². The number of carbonyl (C=O) groups is 2. The van der Waals surface area contributed by atoms with Gasteiger partial charge < -0.3 is 9.53 Å². The minimum absolute atomic E-state index is 0.318. The number of hydrogen-bond donors (Lipinski definition) is 0. The molecule has 1 aromatic rings. The smallest absolute Gasteiger partial charge is 0.338 e. The molecular weight excluding hydrogens is 228 g/mol. The number of rotatable bonds is 5. The fraction of sp³-hybridized carbons (Fsp3) is 0.333. The third-order valence-electron chi connectivity index (χ3n) is 2.13. The molecule has 1 aromatic carbocycles. The molecule has 3 nitrogen and oxygen atoms in total. The lowest BCUT2D eigenvalue weighted by atomic mass is 10.0. The normalized spacial score (nSPS) is 9.88. The molecule has 0 amide bonds. The molecule has 0 radical (unpaired) electrons. The van der Waals surface area contributed by atoms with Gasteiger partial charge in [0.15, 0.2) is 0 Å². The van der Waals surface area contributed by atoms with Crippen molar-refractivity contribution in [2.24, 2.45) is 0 Å². The predicted molar refractivity (Wildman–Crippen MR) is 61.8 cm³/mol. The fourth-order valence-corrected chi connectivity index (χ4v) is 1.69. The quantitative estimate of drug-likeness (QED) is 0.587. The van der Waals surface area contributed by atoms with E-state index in [0.29, 0.717) is 35.6 Å². The lowest BCUT2D eigenvalue weighted by Gasteiger charge is -2.09. The van der Waals surface area contributed by atoms with Gasteiger partial charge in [-0.1, -0.05) is 17.7 Å². The molecule has 0 unspecified atom stereocenters. The summed E-state index contributed by atoms with van der Waals surface area (Å²) < 4.78 is 4.92. The van der Waals surface area contributed by atoms with Crippen LogP contribution in [0.25, 0.3) is 0 Å². The second-order valence-electron chi connectivity index (χ2n) is 3.19. The maximum atomic E-state index is 11.6. The first-order valence-electron chi connectivity index (χ1n) is 5.08. The molecule has 0 aromatic heterocycles. The van der Waals surface area contributed by atoms with Crippen molar-refractivity contribution in [1.82, 2.24) is 0 Å². The van der Waals surface area contributed by atoms with Crippen molar-refractivity contribution in [2.45, 2.75) is 19.8 Å². The number of halogens is 1. The minimum atomic E-state index is -0.397. The van der Waals surface area contributed by atoms with Crippen molar-refractivity contribution >= 4 is 23.9 Å². The van der Waals surface area contributed by atoms with Crippen LogP contribution in [0.15, 0.2) is 18.2 Å². The monoisotopic (exact) mass is 240 g/mol. The summed E-state index contributed by atoms with van der Waals surface area (Å²) in [6.45, 7) is 2.06. The Morgan fingerprint density at radius 3 is 2.88 bits per heavy atom. The topological polar surface area (TPSA) is 43.4 Å². The van der Waals surface area contributed by atoms with Crippen molar-refractivity contribution in [1.29, 1.82) is 0 Å². The van der Waals surface area contributed by atoms with Gasteiger partial charge in [0.25, 0.3) is 0 Å².